The summed E-state index contributed by atoms with van der Waals surface area (Å²) in [6.45, 7) is 0.206. The number of fused-ring (bicyclic) bond motifs is 1. The number of carbonyl (C=O) groups is 1. The number of benzene rings is 1. The van der Waals surface area contributed by atoms with E-state index in [1.165, 1.54) is 23.5 Å². The van der Waals surface area contributed by atoms with Gasteiger partial charge in [0.05, 0.1) is 6.20 Å². The quantitative estimate of drug-likeness (QED) is 0.743. The predicted octanol–water partition coefficient (Wildman–Crippen LogP) is 3.40. The molecule has 0 fully saturated rings. The molecule has 0 saturated heterocycles. The molecule has 25 heavy (non-hydrogen) atoms. The molecule has 0 atom stereocenters. The van der Waals surface area contributed by atoms with Gasteiger partial charge in [0.15, 0.2) is 16.6 Å². The van der Waals surface area contributed by atoms with E-state index in [1.807, 2.05) is 6.07 Å². The minimum Gasteiger partial charge on any atom is -0.454 e. The lowest BCUT2D eigenvalue weighted by Gasteiger charge is -2.04. The maximum Gasteiger partial charge on any atom is 0.276 e. The molecule has 7 nitrogen and oxygen atoms in total. The van der Waals surface area contributed by atoms with Crippen LogP contribution in [-0.2, 0) is 0 Å². The van der Waals surface area contributed by atoms with Crippen LogP contribution in [0.2, 0.25) is 0 Å². The summed E-state index contributed by atoms with van der Waals surface area (Å²) in [6, 6.07) is 8.02. The molecule has 2 N–H and O–H groups in total. The van der Waals surface area contributed by atoms with Gasteiger partial charge in [0, 0.05) is 17.1 Å². The molecule has 1 aliphatic heterocycles. The number of hydrogen-bond acceptors (Lipinski definition) is 7. The smallest absolute Gasteiger partial charge is 0.276 e. The van der Waals surface area contributed by atoms with Gasteiger partial charge in [-0.1, -0.05) is 0 Å². The van der Waals surface area contributed by atoms with Crippen LogP contribution in [0.3, 0.4) is 0 Å². The van der Waals surface area contributed by atoms with Crippen LogP contribution in [0, 0.1) is 5.82 Å². The predicted molar refractivity (Wildman–Crippen MR) is 90.1 cm³/mol. The Morgan fingerprint density at radius 3 is 2.92 bits per heavy atom. The average molecular weight is 358 g/mol. The lowest BCUT2D eigenvalue weighted by molar-refractivity contribution is 0.102. The number of rotatable bonds is 4. The monoisotopic (exact) mass is 358 g/mol. The van der Waals surface area contributed by atoms with E-state index in [9.17, 15) is 9.18 Å². The van der Waals surface area contributed by atoms with E-state index < -0.39 is 11.7 Å². The van der Waals surface area contributed by atoms with Gasteiger partial charge in [-0.15, -0.1) is 11.3 Å². The summed E-state index contributed by atoms with van der Waals surface area (Å²) in [5, 5.41) is 7.84. The standard InChI is InChI=1S/C16H11FN4O3S/c17-9-1-4-14(18-6-9)21-15(22)11-7-25-16(20-11)19-10-2-3-12-13(5-10)24-8-23-12/h1-7H,8H2,(H,19,20)(H,18,21,22). The molecule has 1 amide bonds. The molecule has 0 unspecified atom stereocenters. The molecule has 4 rings (SSSR count). The van der Waals surface area contributed by atoms with Crippen LogP contribution in [-0.4, -0.2) is 22.7 Å². The Labute approximate surface area is 145 Å². The third kappa shape index (κ3) is 3.36. The van der Waals surface area contributed by atoms with Crippen molar-refractivity contribution >= 4 is 33.9 Å². The van der Waals surface area contributed by atoms with Gasteiger partial charge in [0.2, 0.25) is 6.79 Å². The Bertz CT molecular complexity index is 929. The van der Waals surface area contributed by atoms with Crippen molar-refractivity contribution in [1.29, 1.82) is 0 Å². The number of nitrogens with zero attached hydrogens (tertiary/aromatic N) is 2. The van der Waals surface area contributed by atoms with E-state index >= 15 is 0 Å². The Kier molecular flexibility index (Phi) is 3.90. The number of aromatic nitrogens is 2. The molecule has 3 heterocycles. The van der Waals surface area contributed by atoms with Gasteiger partial charge in [0.1, 0.15) is 17.3 Å². The second-order valence-electron chi connectivity index (χ2n) is 5.05. The first-order valence-electron chi connectivity index (χ1n) is 7.22. The number of nitrogens with one attached hydrogen (secondary N) is 2. The molecule has 3 aromatic rings. The van der Waals surface area contributed by atoms with Crippen molar-refractivity contribution in [2.45, 2.75) is 0 Å². The fraction of sp³-hybridized carbons (Fsp3) is 0.0625. The topological polar surface area (TPSA) is 85.4 Å². The molecule has 2 aromatic heterocycles. The molecule has 0 aliphatic carbocycles. The second-order valence-corrected chi connectivity index (χ2v) is 5.90. The van der Waals surface area contributed by atoms with E-state index in [0.717, 1.165) is 11.9 Å². The molecule has 0 saturated carbocycles. The first-order valence-corrected chi connectivity index (χ1v) is 8.10. The first-order chi connectivity index (χ1) is 12.2. The Morgan fingerprint density at radius 2 is 2.08 bits per heavy atom. The Hall–Kier alpha value is -3.20. The van der Waals surface area contributed by atoms with Gasteiger partial charge in [-0.25, -0.2) is 14.4 Å². The summed E-state index contributed by atoms with van der Waals surface area (Å²) in [7, 11) is 0. The summed E-state index contributed by atoms with van der Waals surface area (Å²) in [6.07, 6.45) is 1.03. The summed E-state index contributed by atoms with van der Waals surface area (Å²) in [5.41, 5.74) is 1.00. The van der Waals surface area contributed by atoms with Gasteiger partial charge >= 0.3 is 0 Å². The fourth-order valence-electron chi connectivity index (χ4n) is 2.16. The van der Waals surface area contributed by atoms with Crippen molar-refractivity contribution in [1.82, 2.24) is 9.97 Å². The number of pyridine rings is 1. The second kappa shape index (κ2) is 6.36. The van der Waals surface area contributed by atoms with Gasteiger partial charge < -0.3 is 20.1 Å². The largest absolute Gasteiger partial charge is 0.454 e. The highest BCUT2D eigenvalue weighted by Crippen LogP contribution is 2.35. The number of halogens is 1. The lowest BCUT2D eigenvalue weighted by atomic mass is 10.3. The van der Waals surface area contributed by atoms with Crippen LogP contribution in [0.5, 0.6) is 11.5 Å². The highest BCUT2D eigenvalue weighted by molar-refractivity contribution is 7.14. The number of hydrogen-bond donors (Lipinski definition) is 2. The fourth-order valence-corrected chi connectivity index (χ4v) is 2.87. The molecule has 126 valence electrons. The van der Waals surface area contributed by atoms with Crippen molar-refractivity contribution in [3.63, 3.8) is 0 Å². The van der Waals surface area contributed by atoms with Crippen LogP contribution in [0.4, 0.5) is 21.0 Å². The molecule has 0 radical (unpaired) electrons. The summed E-state index contributed by atoms with van der Waals surface area (Å²) >= 11 is 1.28. The van der Waals surface area contributed by atoms with Crippen LogP contribution < -0.4 is 20.1 Å². The van der Waals surface area contributed by atoms with Crippen LogP contribution >= 0.6 is 11.3 Å². The first kappa shape index (κ1) is 15.3. The number of ether oxygens (including phenoxy) is 2. The zero-order valence-electron chi connectivity index (χ0n) is 12.7. The molecule has 1 aliphatic rings. The van der Waals surface area contributed by atoms with Gasteiger partial charge in [0.25, 0.3) is 5.91 Å². The maximum atomic E-state index is 12.8. The number of amides is 1. The Balaban J connectivity index is 1.44. The molecule has 1 aromatic carbocycles. The SMILES string of the molecule is O=C(Nc1ccc(F)cn1)c1csc(Nc2ccc3c(c2)OCO3)n1. The highest BCUT2D eigenvalue weighted by atomic mass is 32.1. The van der Waals surface area contributed by atoms with E-state index in [2.05, 4.69) is 20.6 Å². The van der Waals surface area contributed by atoms with E-state index in [4.69, 9.17) is 9.47 Å². The number of thiazole rings is 1. The zero-order valence-corrected chi connectivity index (χ0v) is 13.5. The van der Waals surface area contributed by atoms with Crippen LogP contribution in [0.25, 0.3) is 0 Å². The van der Waals surface area contributed by atoms with Crippen molar-refractivity contribution in [3.05, 3.63) is 53.4 Å². The summed E-state index contributed by atoms with van der Waals surface area (Å²) in [4.78, 5) is 20.2. The highest BCUT2D eigenvalue weighted by Gasteiger charge is 2.15. The van der Waals surface area contributed by atoms with Gasteiger partial charge in [-0.2, -0.15) is 0 Å². The van der Waals surface area contributed by atoms with Gasteiger partial charge in [-0.05, 0) is 24.3 Å². The third-order valence-electron chi connectivity index (χ3n) is 3.33. The third-order valence-corrected chi connectivity index (χ3v) is 4.09. The average Bonchev–Trinajstić information content (AvgIpc) is 3.26. The van der Waals surface area contributed by atoms with Crippen molar-refractivity contribution in [2.75, 3.05) is 17.4 Å². The number of carbonyl (C=O) groups excluding carboxylic acids is 1. The van der Waals surface area contributed by atoms with E-state index in [1.54, 1.807) is 17.5 Å². The zero-order chi connectivity index (χ0) is 17.2. The van der Waals surface area contributed by atoms with Crippen molar-refractivity contribution in [3.8, 4) is 11.5 Å². The Morgan fingerprint density at radius 1 is 1.20 bits per heavy atom. The molecular formula is C16H11FN4O3S. The van der Waals surface area contributed by atoms with E-state index in [0.29, 0.717) is 16.6 Å². The maximum absolute atomic E-state index is 12.8. The van der Waals surface area contributed by atoms with Crippen LogP contribution in [0.1, 0.15) is 10.5 Å². The number of anilines is 3. The van der Waals surface area contributed by atoms with Crippen molar-refractivity contribution < 1.29 is 18.7 Å². The molecule has 0 spiro atoms. The van der Waals surface area contributed by atoms with Crippen molar-refractivity contribution in [2.24, 2.45) is 0 Å². The minimum atomic E-state index is -0.470. The molecular weight excluding hydrogens is 347 g/mol. The summed E-state index contributed by atoms with van der Waals surface area (Å²) in [5.74, 6) is 0.708. The molecule has 0 bridgehead atoms. The van der Waals surface area contributed by atoms with Gasteiger partial charge in [-0.3, -0.25) is 4.79 Å². The van der Waals surface area contributed by atoms with Crippen LogP contribution in [0.15, 0.2) is 41.9 Å². The van der Waals surface area contributed by atoms with E-state index in [-0.39, 0.29) is 18.3 Å². The minimum absolute atomic E-state index is 0.206. The normalized spacial score (nSPS) is 12.0. The molecule has 9 heteroatoms. The lowest BCUT2D eigenvalue weighted by Crippen LogP contribution is -2.13. The summed E-state index contributed by atoms with van der Waals surface area (Å²) < 4.78 is 23.4.